The van der Waals surface area contributed by atoms with Gasteiger partial charge < -0.3 is 5.32 Å². The first kappa shape index (κ1) is 15.1. The Kier molecular flexibility index (Phi) is 5.20. The van der Waals surface area contributed by atoms with Gasteiger partial charge in [-0.2, -0.15) is 0 Å². The smallest absolute Gasteiger partial charge is 0.152 e. The molecule has 0 bridgehead atoms. The Morgan fingerprint density at radius 2 is 1.90 bits per heavy atom. The fourth-order valence-electron chi connectivity index (χ4n) is 2.76. The molecule has 1 aromatic rings. The van der Waals surface area contributed by atoms with Gasteiger partial charge in [-0.3, -0.25) is 13.9 Å². The van der Waals surface area contributed by atoms with E-state index in [1.54, 1.807) is 12.1 Å². The van der Waals surface area contributed by atoms with Gasteiger partial charge in [0.1, 0.15) is 0 Å². The lowest BCUT2D eigenvalue weighted by Gasteiger charge is -2.33. The highest BCUT2D eigenvalue weighted by atomic mass is 32.1. The number of nitrogens with one attached hydrogen (secondary N) is 1. The predicted octanol–water partition coefficient (Wildman–Crippen LogP) is 2.81. The first-order chi connectivity index (χ1) is 9.65. The summed E-state index contributed by atoms with van der Waals surface area (Å²) in [5.74, 6) is 0. The summed E-state index contributed by atoms with van der Waals surface area (Å²) in [6.45, 7) is 0. The van der Waals surface area contributed by atoms with E-state index in [2.05, 4.69) is 18.1 Å². The fraction of sp³-hybridized carbons (Fsp3) is 0.467. The van der Waals surface area contributed by atoms with Gasteiger partial charge in [0.05, 0.1) is 0 Å². The van der Waals surface area contributed by atoms with Crippen molar-refractivity contribution in [2.75, 3.05) is 12.4 Å². The minimum Gasteiger partial charge on any atom is -0.382 e. The number of carbonyl (C=O) groups excluding carboxylic acids is 2. The van der Waals surface area contributed by atoms with E-state index in [-0.39, 0.29) is 0 Å². The first-order valence-electron chi connectivity index (χ1n) is 6.87. The first-order valence-corrected chi connectivity index (χ1v) is 7.27. The fourth-order valence-corrected chi connectivity index (χ4v) is 2.99. The van der Waals surface area contributed by atoms with Crippen LogP contribution in [0.1, 0.15) is 46.4 Å². The standard InChI is InChI=1S/C15H20N2O2S/c1-17(20)13-7-5-12(6-8-13)16-15-4-2-3-11(9-18)14(15)10-19/h2-4,9-10,12-13,16,20H,5-8H2,1H3. The minimum atomic E-state index is 0.347. The topological polar surface area (TPSA) is 49.4 Å². The summed E-state index contributed by atoms with van der Waals surface area (Å²) in [4.78, 5) is 22.1. The molecule has 2 rings (SSSR count). The minimum absolute atomic E-state index is 0.347. The highest BCUT2D eigenvalue weighted by molar-refractivity contribution is 7.77. The molecule has 0 atom stereocenters. The molecule has 0 spiro atoms. The molecule has 0 saturated heterocycles. The number of rotatable bonds is 5. The third-order valence-electron chi connectivity index (χ3n) is 3.97. The Bertz CT molecular complexity index is 483. The van der Waals surface area contributed by atoms with Gasteiger partial charge in [-0.25, -0.2) is 0 Å². The summed E-state index contributed by atoms with van der Waals surface area (Å²) < 4.78 is 1.97. The van der Waals surface area contributed by atoms with Crippen LogP contribution in [0.25, 0.3) is 0 Å². The number of aldehydes is 2. The highest BCUT2D eigenvalue weighted by Crippen LogP contribution is 2.27. The summed E-state index contributed by atoms with van der Waals surface area (Å²) in [5, 5.41) is 3.40. The number of thiol groups is 1. The van der Waals surface area contributed by atoms with Gasteiger partial charge in [0.25, 0.3) is 0 Å². The lowest BCUT2D eigenvalue weighted by molar-refractivity contribution is 0.109. The van der Waals surface area contributed by atoms with Crippen LogP contribution in [0.5, 0.6) is 0 Å². The van der Waals surface area contributed by atoms with Crippen LogP contribution in [0.2, 0.25) is 0 Å². The van der Waals surface area contributed by atoms with Gasteiger partial charge in [0, 0.05) is 28.9 Å². The van der Waals surface area contributed by atoms with Crippen molar-refractivity contribution < 1.29 is 9.59 Å². The molecule has 108 valence electrons. The Labute approximate surface area is 125 Å². The monoisotopic (exact) mass is 292 g/mol. The second kappa shape index (κ2) is 6.90. The van der Waals surface area contributed by atoms with Crippen molar-refractivity contribution >= 4 is 31.1 Å². The molecule has 1 aliphatic rings. The summed E-state index contributed by atoms with van der Waals surface area (Å²) >= 11 is 4.36. The zero-order chi connectivity index (χ0) is 14.5. The molecule has 0 aliphatic heterocycles. The van der Waals surface area contributed by atoms with Crippen molar-refractivity contribution in [3.8, 4) is 0 Å². The van der Waals surface area contributed by atoms with Crippen molar-refractivity contribution in [2.45, 2.75) is 37.8 Å². The van der Waals surface area contributed by atoms with Crippen molar-refractivity contribution in [1.82, 2.24) is 4.31 Å². The van der Waals surface area contributed by atoms with Crippen LogP contribution in [-0.2, 0) is 0 Å². The largest absolute Gasteiger partial charge is 0.382 e. The number of hydrogen-bond acceptors (Lipinski definition) is 5. The second-order valence-electron chi connectivity index (χ2n) is 5.27. The van der Waals surface area contributed by atoms with Crippen molar-refractivity contribution in [1.29, 1.82) is 0 Å². The van der Waals surface area contributed by atoms with E-state index in [0.717, 1.165) is 43.9 Å². The lowest BCUT2D eigenvalue weighted by atomic mass is 9.91. The molecule has 0 amide bonds. The van der Waals surface area contributed by atoms with Gasteiger partial charge >= 0.3 is 0 Å². The average molecular weight is 292 g/mol. The van der Waals surface area contributed by atoms with Gasteiger partial charge in [-0.1, -0.05) is 24.9 Å². The Morgan fingerprint density at radius 3 is 2.45 bits per heavy atom. The molecule has 1 saturated carbocycles. The SMILES string of the molecule is CN(S)C1CCC(Nc2cccc(C=O)c2C=O)CC1. The van der Waals surface area contributed by atoms with Crippen LogP contribution >= 0.6 is 12.8 Å². The number of carbonyl (C=O) groups is 2. The Balaban J connectivity index is 2.04. The zero-order valence-corrected chi connectivity index (χ0v) is 12.5. The number of benzene rings is 1. The van der Waals surface area contributed by atoms with Gasteiger partial charge in [-0.15, -0.1) is 0 Å². The Morgan fingerprint density at radius 1 is 1.20 bits per heavy atom. The summed E-state index contributed by atoms with van der Waals surface area (Å²) in [5.41, 5.74) is 1.65. The van der Waals surface area contributed by atoms with E-state index in [1.165, 1.54) is 0 Å². The average Bonchev–Trinajstić information content (AvgIpc) is 2.47. The molecule has 0 aromatic heterocycles. The summed E-state index contributed by atoms with van der Waals surface area (Å²) in [7, 11) is 1.99. The van der Waals surface area contributed by atoms with Crippen LogP contribution in [0.4, 0.5) is 5.69 Å². The molecule has 1 aromatic carbocycles. The molecule has 0 heterocycles. The van der Waals surface area contributed by atoms with Gasteiger partial charge in [-0.05, 0) is 38.8 Å². The van der Waals surface area contributed by atoms with Crippen LogP contribution in [0.3, 0.4) is 0 Å². The molecule has 1 N–H and O–H groups in total. The lowest BCUT2D eigenvalue weighted by Crippen LogP contribution is -2.34. The van der Waals surface area contributed by atoms with E-state index >= 15 is 0 Å². The number of nitrogens with zero attached hydrogens (tertiary/aromatic N) is 1. The molecule has 4 nitrogen and oxygen atoms in total. The molecule has 0 radical (unpaired) electrons. The van der Waals surface area contributed by atoms with Crippen molar-refractivity contribution in [3.63, 3.8) is 0 Å². The molecule has 0 unspecified atom stereocenters. The van der Waals surface area contributed by atoms with Crippen LogP contribution in [-0.4, -0.2) is 36.0 Å². The molecular formula is C15H20N2O2S. The van der Waals surface area contributed by atoms with Gasteiger partial charge in [0.15, 0.2) is 12.6 Å². The van der Waals surface area contributed by atoms with Crippen LogP contribution < -0.4 is 5.32 Å². The third-order valence-corrected chi connectivity index (χ3v) is 4.30. The van der Waals surface area contributed by atoms with E-state index in [1.807, 2.05) is 17.4 Å². The third kappa shape index (κ3) is 3.41. The molecule has 5 heteroatoms. The van der Waals surface area contributed by atoms with E-state index < -0.39 is 0 Å². The van der Waals surface area contributed by atoms with Crippen LogP contribution in [0.15, 0.2) is 18.2 Å². The summed E-state index contributed by atoms with van der Waals surface area (Å²) in [6.07, 6.45) is 5.72. The molecular weight excluding hydrogens is 272 g/mol. The maximum Gasteiger partial charge on any atom is 0.152 e. The van der Waals surface area contributed by atoms with E-state index in [0.29, 0.717) is 23.2 Å². The van der Waals surface area contributed by atoms with E-state index in [9.17, 15) is 9.59 Å². The van der Waals surface area contributed by atoms with E-state index in [4.69, 9.17) is 0 Å². The zero-order valence-electron chi connectivity index (χ0n) is 11.6. The number of hydrogen-bond donors (Lipinski definition) is 2. The summed E-state index contributed by atoms with van der Waals surface area (Å²) in [6, 6.07) is 6.18. The normalized spacial score (nSPS) is 22.6. The maximum atomic E-state index is 11.2. The highest BCUT2D eigenvalue weighted by Gasteiger charge is 2.23. The number of anilines is 1. The predicted molar refractivity (Wildman–Crippen MR) is 83.6 cm³/mol. The van der Waals surface area contributed by atoms with Crippen molar-refractivity contribution in [3.05, 3.63) is 29.3 Å². The maximum absolute atomic E-state index is 11.2. The molecule has 1 aliphatic carbocycles. The molecule has 20 heavy (non-hydrogen) atoms. The van der Waals surface area contributed by atoms with Crippen molar-refractivity contribution in [2.24, 2.45) is 0 Å². The quantitative estimate of drug-likeness (QED) is 0.647. The second-order valence-corrected chi connectivity index (χ2v) is 5.90. The van der Waals surface area contributed by atoms with Crippen LogP contribution in [0, 0.1) is 0 Å². The van der Waals surface area contributed by atoms with Gasteiger partial charge in [0.2, 0.25) is 0 Å². The molecule has 1 fully saturated rings. The Hall–Kier alpha value is -1.33.